The van der Waals surface area contributed by atoms with Crippen LogP contribution in [0.15, 0.2) is 83.8 Å². The number of amides is 2. The first-order chi connectivity index (χ1) is 18.4. The maximum absolute atomic E-state index is 13.5. The van der Waals surface area contributed by atoms with Crippen molar-refractivity contribution in [3.05, 3.63) is 94.9 Å². The van der Waals surface area contributed by atoms with Gasteiger partial charge >= 0.3 is 5.97 Å². The van der Waals surface area contributed by atoms with E-state index in [0.717, 1.165) is 27.1 Å². The van der Waals surface area contributed by atoms with Crippen LogP contribution in [-0.2, 0) is 14.3 Å². The zero-order chi connectivity index (χ0) is 26.8. The van der Waals surface area contributed by atoms with E-state index < -0.39 is 12.0 Å². The molecule has 190 valence electrons. The van der Waals surface area contributed by atoms with Crippen LogP contribution in [0.3, 0.4) is 0 Å². The molecular formula is C30H24N2O4S2. The predicted molar refractivity (Wildman–Crippen MR) is 157 cm³/mol. The van der Waals surface area contributed by atoms with Crippen molar-refractivity contribution >= 4 is 79.4 Å². The Morgan fingerprint density at radius 2 is 1.61 bits per heavy atom. The van der Waals surface area contributed by atoms with Crippen molar-refractivity contribution in [1.29, 1.82) is 0 Å². The molecule has 0 aliphatic carbocycles. The van der Waals surface area contributed by atoms with Crippen LogP contribution in [0.4, 0.5) is 5.69 Å². The molecule has 38 heavy (non-hydrogen) atoms. The highest BCUT2D eigenvalue weighted by molar-refractivity contribution is 8.26. The number of hydrogen-bond donors (Lipinski definition) is 1. The van der Waals surface area contributed by atoms with Gasteiger partial charge in [0, 0.05) is 5.69 Å². The molecule has 6 nitrogen and oxygen atoms in total. The Morgan fingerprint density at radius 3 is 2.21 bits per heavy atom. The van der Waals surface area contributed by atoms with Crippen LogP contribution >= 0.6 is 24.0 Å². The second-order valence-electron chi connectivity index (χ2n) is 8.75. The summed E-state index contributed by atoms with van der Waals surface area (Å²) in [5.41, 5.74) is 1.83. The molecule has 1 atom stereocenters. The summed E-state index contributed by atoms with van der Waals surface area (Å²) in [7, 11) is 0. The normalized spacial score (nSPS) is 15.3. The van der Waals surface area contributed by atoms with Crippen LogP contribution in [0.5, 0.6) is 0 Å². The van der Waals surface area contributed by atoms with Gasteiger partial charge in [0.1, 0.15) is 10.4 Å². The molecule has 4 aromatic carbocycles. The molecule has 8 heteroatoms. The summed E-state index contributed by atoms with van der Waals surface area (Å²) < 4.78 is 5.31. The van der Waals surface area contributed by atoms with Crippen molar-refractivity contribution < 1.29 is 19.1 Å². The van der Waals surface area contributed by atoms with Crippen LogP contribution in [-0.4, -0.2) is 39.7 Å². The first-order valence-electron chi connectivity index (χ1n) is 12.1. The van der Waals surface area contributed by atoms with Gasteiger partial charge in [0.25, 0.3) is 5.91 Å². The zero-order valence-electron chi connectivity index (χ0n) is 20.8. The van der Waals surface area contributed by atoms with Crippen LogP contribution in [0.2, 0.25) is 0 Å². The summed E-state index contributed by atoms with van der Waals surface area (Å²) in [5, 5.41) is 7.03. The smallest absolute Gasteiger partial charge is 0.338 e. The van der Waals surface area contributed by atoms with E-state index >= 15 is 0 Å². The molecule has 0 radical (unpaired) electrons. The fraction of sp³-hybridized carbons (Fsp3) is 0.133. The summed E-state index contributed by atoms with van der Waals surface area (Å²) in [6.07, 6.45) is 1.88. The highest BCUT2D eigenvalue weighted by atomic mass is 32.2. The van der Waals surface area contributed by atoms with E-state index in [0.29, 0.717) is 20.5 Å². The quantitative estimate of drug-likeness (QED) is 0.132. The monoisotopic (exact) mass is 540 g/mol. The molecule has 1 saturated heterocycles. The molecule has 0 bridgehead atoms. The van der Waals surface area contributed by atoms with Crippen LogP contribution in [0.1, 0.15) is 29.8 Å². The average Bonchev–Trinajstić information content (AvgIpc) is 3.20. The maximum atomic E-state index is 13.5. The lowest BCUT2D eigenvalue weighted by Gasteiger charge is -2.22. The second kappa shape index (κ2) is 10.8. The van der Waals surface area contributed by atoms with Crippen LogP contribution in [0.25, 0.3) is 27.6 Å². The van der Waals surface area contributed by atoms with E-state index in [4.69, 9.17) is 17.0 Å². The van der Waals surface area contributed by atoms with Gasteiger partial charge in [-0.2, -0.15) is 0 Å². The molecule has 1 aliphatic rings. The number of nitrogens with one attached hydrogen (secondary N) is 1. The fourth-order valence-corrected chi connectivity index (χ4v) is 5.82. The predicted octanol–water partition coefficient (Wildman–Crippen LogP) is 6.40. The lowest BCUT2D eigenvalue weighted by atomic mass is 9.96. The Hall–Kier alpha value is -4.01. The largest absolute Gasteiger partial charge is 0.462 e. The number of thiocarbonyl (C=S) groups is 1. The van der Waals surface area contributed by atoms with Gasteiger partial charge < -0.3 is 10.1 Å². The highest BCUT2D eigenvalue weighted by Gasteiger charge is 2.38. The first kappa shape index (κ1) is 25.6. The van der Waals surface area contributed by atoms with E-state index in [9.17, 15) is 14.4 Å². The average molecular weight is 541 g/mol. The summed E-state index contributed by atoms with van der Waals surface area (Å²) in [6.45, 7) is 3.66. The molecule has 2 amide bonds. The van der Waals surface area contributed by atoms with Crippen LogP contribution < -0.4 is 5.32 Å². The summed E-state index contributed by atoms with van der Waals surface area (Å²) >= 11 is 6.72. The highest BCUT2D eigenvalue weighted by Crippen LogP contribution is 2.37. The minimum Gasteiger partial charge on any atom is -0.462 e. The number of benzene rings is 4. The van der Waals surface area contributed by atoms with Gasteiger partial charge in [-0.25, -0.2) is 4.79 Å². The van der Waals surface area contributed by atoms with E-state index in [2.05, 4.69) is 23.5 Å². The van der Waals surface area contributed by atoms with Gasteiger partial charge in [0.2, 0.25) is 5.91 Å². The number of nitrogens with zero attached hydrogens (tertiary/aromatic N) is 1. The Bertz CT molecular complexity index is 1570. The Labute approximate surface area is 229 Å². The number of hydrogen-bond acceptors (Lipinski definition) is 6. The van der Waals surface area contributed by atoms with Crippen LogP contribution in [0, 0.1) is 0 Å². The standard InChI is InChI=1S/C30H24N2O4S2/c1-3-36-29(35)19-12-14-22(15-13-19)31-27(33)18(2)32-28(34)26(38-30(32)37)17-25-23-10-6-4-8-20(23)16-21-9-5-7-11-24(21)25/h4-18H,3H2,1-2H3,(H,31,33)/b26-17-. The van der Waals surface area contributed by atoms with Gasteiger partial charge in [-0.3, -0.25) is 14.5 Å². The number of fused-ring (bicyclic) bond motifs is 2. The molecule has 1 fully saturated rings. The van der Waals surface area contributed by atoms with Gasteiger partial charge in [-0.05, 0) is 77.4 Å². The number of rotatable bonds is 6. The minimum atomic E-state index is -0.831. The summed E-state index contributed by atoms with van der Waals surface area (Å²) in [5.74, 6) is -1.12. The summed E-state index contributed by atoms with van der Waals surface area (Å²) in [4.78, 5) is 40.2. The number of thioether (sulfide) groups is 1. The number of esters is 1. The van der Waals surface area contributed by atoms with Crippen molar-refractivity contribution in [2.24, 2.45) is 0 Å². The minimum absolute atomic E-state index is 0.282. The molecule has 1 heterocycles. The molecule has 1 aliphatic heterocycles. The number of anilines is 1. The van der Waals surface area contributed by atoms with E-state index in [-0.39, 0.29) is 18.4 Å². The van der Waals surface area contributed by atoms with Crippen molar-refractivity contribution in [2.75, 3.05) is 11.9 Å². The van der Waals surface area contributed by atoms with Crippen molar-refractivity contribution in [3.63, 3.8) is 0 Å². The molecule has 0 aromatic heterocycles. The first-order valence-corrected chi connectivity index (χ1v) is 13.4. The second-order valence-corrected chi connectivity index (χ2v) is 10.4. The maximum Gasteiger partial charge on any atom is 0.338 e. The number of ether oxygens (including phenoxy) is 1. The molecule has 1 N–H and O–H groups in total. The Balaban J connectivity index is 1.39. The van der Waals surface area contributed by atoms with E-state index in [1.54, 1.807) is 38.1 Å². The third-order valence-electron chi connectivity index (χ3n) is 6.34. The lowest BCUT2D eigenvalue weighted by Crippen LogP contribution is -2.44. The van der Waals surface area contributed by atoms with Gasteiger partial charge in [0.05, 0.1) is 17.1 Å². The molecule has 5 rings (SSSR count). The Kier molecular flexibility index (Phi) is 7.26. The molecule has 0 spiro atoms. The number of carbonyl (C=O) groups excluding carboxylic acids is 3. The van der Waals surface area contributed by atoms with Gasteiger partial charge in [-0.15, -0.1) is 0 Å². The summed E-state index contributed by atoms with van der Waals surface area (Å²) in [6, 6.07) is 23.8. The van der Waals surface area contributed by atoms with Gasteiger partial charge in [0.15, 0.2) is 0 Å². The topological polar surface area (TPSA) is 75.7 Å². The molecule has 1 unspecified atom stereocenters. The SMILES string of the molecule is CCOC(=O)c1ccc(NC(=O)C(C)N2C(=O)/C(=C/c3c4ccccc4cc4ccccc34)SC2=S)cc1. The van der Waals surface area contributed by atoms with E-state index in [1.165, 1.54) is 16.7 Å². The van der Waals surface area contributed by atoms with Crippen molar-refractivity contribution in [1.82, 2.24) is 4.90 Å². The van der Waals surface area contributed by atoms with Gasteiger partial charge in [-0.1, -0.05) is 72.5 Å². The molecule has 0 saturated carbocycles. The molecule has 4 aromatic rings. The molecular weight excluding hydrogens is 516 g/mol. The van der Waals surface area contributed by atoms with E-state index in [1.807, 2.05) is 42.5 Å². The number of carbonyl (C=O) groups is 3. The fourth-order valence-electron chi connectivity index (χ4n) is 4.42. The zero-order valence-corrected chi connectivity index (χ0v) is 22.4. The third kappa shape index (κ3) is 4.92. The lowest BCUT2D eigenvalue weighted by molar-refractivity contribution is -0.129. The Morgan fingerprint density at radius 1 is 1.00 bits per heavy atom. The van der Waals surface area contributed by atoms with Crippen molar-refractivity contribution in [2.45, 2.75) is 19.9 Å². The van der Waals surface area contributed by atoms with Crippen molar-refractivity contribution in [3.8, 4) is 0 Å². The third-order valence-corrected chi connectivity index (χ3v) is 7.67.